The number of aromatic nitrogens is 1. The van der Waals surface area contributed by atoms with Gasteiger partial charge in [-0.05, 0) is 68.1 Å². The van der Waals surface area contributed by atoms with E-state index in [0.29, 0.717) is 6.54 Å². The first-order chi connectivity index (χ1) is 9.10. The smallest absolute Gasteiger partial charge is 0.0737 e. The molecule has 0 aliphatic carbocycles. The fourth-order valence-corrected chi connectivity index (χ4v) is 3.32. The number of hydrogen-bond donors (Lipinski definition) is 1. The zero-order chi connectivity index (χ0) is 13.8. The number of hydrogen-bond acceptors (Lipinski definition) is 2. The second-order valence-corrected chi connectivity index (χ2v) is 6.78. The van der Waals surface area contributed by atoms with Crippen molar-refractivity contribution in [3.8, 4) is 0 Å². The molecule has 0 saturated carbocycles. The summed E-state index contributed by atoms with van der Waals surface area (Å²) >= 11 is 10.4. The van der Waals surface area contributed by atoms with Crippen molar-refractivity contribution < 1.29 is 0 Å². The lowest BCUT2D eigenvalue weighted by molar-refractivity contribution is 1.02. The third-order valence-electron chi connectivity index (χ3n) is 2.78. The highest BCUT2D eigenvalue weighted by atomic mass is 79.9. The van der Waals surface area contributed by atoms with Gasteiger partial charge in [0.15, 0.2) is 0 Å². The number of halogens is 3. The quantitative estimate of drug-likeness (QED) is 0.663. The Labute approximate surface area is 138 Å². The molecule has 1 heterocycles. The second kappa shape index (κ2) is 6.86. The Morgan fingerprint density at radius 3 is 2.58 bits per heavy atom. The van der Waals surface area contributed by atoms with Crippen LogP contribution in [0.1, 0.15) is 18.2 Å². The van der Waals surface area contributed by atoms with E-state index in [0.717, 1.165) is 31.2 Å². The van der Waals surface area contributed by atoms with Crippen molar-refractivity contribution in [1.82, 2.24) is 4.98 Å². The summed E-state index contributed by atoms with van der Waals surface area (Å²) in [6, 6.07) is 8.29. The van der Waals surface area contributed by atoms with Crippen molar-refractivity contribution in [2.75, 3.05) is 5.32 Å². The average molecular weight is 449 g/mol. The summed E-state index contributed by atoms with van der Waals surface area (Å²) in [6.45, 7) is 2.85. The monoisotopic (exact) mass is 446 g/mol. The van der Waals surface area contributed by atoms with Gasteiger partial charge in [-0.15, -0.1) is 0 Å². The number of anilines is 1. The fraction of sp³-hybridized carbons (Fsp3) is 0.214. The zero-order valence-corrected chi connectivity index (χ0v) is 15.1. The summed E-state index contributed by atoms with van der Waals surface area (Å²) in [5, 5.41) is 3.44. The highest BCUT2D eigenvalue weighted by molar-refractivity contribution is 9.11. The molecule has 2 rings (SSSR count). The Morgan fingerprint density at radius 2 is 1.89 bits per heavy atom. The molecular formula is C14H13Br3N2. The van der Waals surface area contributed by atoms with E-state index in [4.69, 9.17) is 0 Å². The van der Waals surface area contributed by atoms with Crippen LogP contribution in [-0.2, 0) is 13.0 Å². The van der Waals surface area contributed by atoms with E-state index in [2.05, 4.69) is 77.1 Å². The lowest BCUT2D eigenvalue weighted by atomic mass is 10.1. The van der Waals surface area contributed by atoms with Crippen molar-refractivity contribution in [3.63, 3.8) is 0 Å². The van der Waals surface area contributed by atoms with E-state index in [1.165, 1.54) is 5.56 Å². The van der Waals surface area contributed by atoms with Gasteiger partial charge in [-0.1, -0.05) is 22.9 Å². The Balaban J connectivity index is 2.14. The van der Waals surface area contributed by atoms with Gasteiger partial charge in [0.1, 0.15) is 0 Å². The summed E-state index contributed by atoms with van der Waals surface area (Å²) in [4.78, 5) is 4.40. The third-order valence-corrected chi connectivity index (χ3v) is 4.39. The molecule has 0 amide bonds. The summed E-state index contributed by atoms with van der Waals surface area (Å²) < 4.78 is 3.09. The molecule has 0 atom stereocenters. The van der Waals surface area contributed by atoms with Gasteiger partial charge in [0.2, 0.25) is 0 Å². The molecule has 1 aromatic carbocycles. The molecule has 0 aliphatic rings. The van der Waals surface area contributed by atoms with Crippen LogP contribution in [0.25, 0.3) is 0 Å². The molecule has 0 spiro atoms. The topological polar surface area (TPSA) is 24.9 Å². The number of benzene rings is 1. The summed E-state index contributed by atoms with van der Waals surface area (Å²) in [6.07, 6.45) is 2.81. The van der Waals surface area contributed by atoms with Gasteiger partial charge in [-0.3, -0.25) is 4.98 Å². The van der Waals surface area contributed by atoms with Gasteiger partial charge < -0.3 is 5.32 Å². The fourth-order valence-electron chi connectivity index (χ4n) is 1.78. The lowest BCUT2D eigenvalue weighted by Crippen LogP contribution is -2.04. The number of rotatable bonds is 4. The molecule has 0 aliphatic heterocycles. The molecule has 5 heteroatoms. The third kappa shape index (κ3) is 4.04. The molecule has 0 unspecified atom stereocenters. The molecule has 19 heavy (non-hydrogen) atoms. The van der Waals surface area contributed by atoms with E-state index >= 15 is 0 Å². The molecule has 1 aromatic heterocycles. The van der Waals surface area contributed by atoms with E-state index in [1.54, 1.807) is 0 Å². The SMILES string of the molecule is CCc1cc(Br)ccc1NCc1ncc(Br)cc1Br. The molecule has 100 valence electrons. The maximum atomic E-state index is 4.40. The Kier molecular flexibility index (Phi) is 5.42. The van der Waals surface area contributed by atoms with Crippen LogP contribution < -0.4 is 5.32 Å². The minimum Gasteiger partial charge on any atom is -0.379 e. The number of nitrogens with one attached hydrogen (secondary N) is 1. The molecule has 0 bridgehead atoms. The Morgan fingerprint density at radius 1 is 1.11 bits per heavy atom. The van der Waals surface area contributed by atoms with Crippen LogP contribution in [0.3, 0.4) is 0 Å². The highest BCUT2D eigenvalue weighted by Crippen LogP contribution is 2.24. The first-order valence-corrected chi connectivity index (χ1v) is 8.30. The van der Waals surface area contributed by atoms with E-state index in [9.17, 15) is 0 Å². The Bertz CT molecular complexity index is 585. The highest BCUT2D eigenvalue weighted by Gasteiger charge is 2.05. The molecule has 2 aromatic rings. The van der Waals surface area contributed by atoms with Gasteiger partial charge >= 0.3 is 0 Å². The molecule has 0 radical (unpaired) electrons. The van der Waals surface area contributed by atoms with Crippen LogP contribution in [0.15, 0.2) is 43.9 Å². The summed E-state index contributed by atoms with van der Waals surface area (Å²) in [5.41, 5.74) is 3.44. The van der Waals surface area contributed by atoms with E-state index in [1.807, 2.05) is 18.3 Å². The average Bonchev–Trinajstić information content (AvgIpc) is 2.39. The Hall–Kier alpha value is -0.390. The molecule has 2 nitrogen and oxygen atoms in total. The van der Waals surface area contributed by atoms with Gasteiger partial charge in [-0.2, -0.15) is 0 Å². The minimum atomic E-state index is 0.697. The van der Waals surface area contributed by atoms with Crippen LogP contribution in [0.4, 0.5) is 5.69 Å². The van der Waals surface area contributed by atoms with Crippen LogP contribution in [-0.4, -0.2) is 4.98 Å². The minimum absolute atomic E-state index is 0.697. The number of nitrogens with zero attached hydrogens (tertiary/aromatic N) is 1. The molecular weight excluding hydrogens is 436 g/mol. The van der Waals surface area contributed by atoms with Crippen molar-refractivity contribution in [3.05, 3.63) is 55.1 Å². The van der Waals surface area contributed by atoms with E-state index in [-0.39, 0.29) is 0 Å². The van der Waals surface area contributed by atoms with Crippen LogP contribution in [0, 0.1) is 0 Å². The van der Waals surface area contributed by atoms with Crippen molar-refractivity contribution in [2.45, 2.75) is 19.9 Å². The standard InChI is InChI=1S/C14H13Br3N2/c1-2-9-5-10(15)3-4-13(9)19-8-14-12(17)6-11(16)7-18-14/h3-7,19H,2,8H2,1H3. The van der Waals surface area contributed by atoms with Crippen molar-refractivity contribution in [1.29, 1.82) is 0 Å². The van der Waals surface area contributed by atoms with Gasteiger partial charge in [0.25, 0.3) is 0 Å². The van der Waals surface area contributed by atoms with Crippen LogP contribution in [0.5, 0.6) is 0 Å². The predicted octanol–water partition coefficient (Wildman–Crippen LogP) is 5.54. The van der Waals surface area contributed by atoms with E-state index < -0.39 is 0 Å². The first-order valence-electron chi connectivity index (χ1n) is 5.92. The maximum Gasteiger partial charge on any atom is 0.0737 e. The van der Waals surface area contributed by atoms with Crippen molar-refractivity contribution in [2.24, 2.45) is 0 Å². The number of pyridine rings is 1. The summed E-state index contributed by atoms with van der Waals surface area (Å²) in [7, 11) is 0. The first kappa shape index (κ1) is 15.0. The predicted molar refractivity (Wildman–Crippen MR) is 90.5 cm³/mol. The molecule has 0 saturated heterocycles. The lowest BCUT2D eigenvalue weighted by Gasteiger charge is -2.12. The largest absolute Gasteiger partial charge is 0.379 e. The van der Waals surface area contributed by atoms with Crippen molar-refractivity contribution >= 4 is 53.5 Å². The van der Waals surface area contributed by atoms with Gasteiger partial charge in [0, 0.05) is 25.3 Å². The molecule has 0 fully saturated rings. The zero-order valence-electron chi connectivity index (χ0n) is 10.4. The summed E-state index contributed by atoms with van der Waals surface area (Å²) in [5.74, 6) is 0. The van der Waals surface area contributed by atoms with Gasteiger partial charge in [-0.25, -0.2) is 0 Å². The second-order valence-electron chi connectivity index (χ2n) is 4.09. The number of aryl methyl sites for hydroxylation is 1. The van der Waals surface area contributed by atoms with Crippen LogP contribution >= 0.6 is 47.8 Å². The molecule has 1 N–H and O–H groups in total. The van der Waals surface area contributed by atoms with Crippen LogP contribution in [0.2, 0.25) is 0 Å². The maximum absolute atomic E-state index is 4.40. The normalized spacial score (nSPS) is 10.5. The van der Waals surface area contributed by atoms with Gasteiger partial charge in [0.05, 0.1) is 12.2 Å².